The molecule has 0 radical (unpaired) electrons. The van der Waals surface area contributed by atoms with Crippen molar-refractivity contribution in [2.24, 2.45) is 0 Å². The number of nitrogens with zero attached hydrogens (tertiary/aromatic N) is 2. The molecule has 0 spiro atoms. The van der Waals surface area contributed by atoms with Crippen molar-refractivity contribution < 1.29 is 0 Å². The second kappa shape index (κ2) is 6.12. The van der Waals surface area contributed by atoms with Gasteiger partial charge in [-0.15, -0.1) is 0 Å². The van der Waals surface area contributed by atoms with E-state index in [-0.39, 0.29) is 0 Å². The molecule has 1 atom stereocenters. The summed E-state index contributed by atoms with van der Waals surface area (Å²) < 4.78 is 0. The van der Waals surface area contributed by atoms with Crippen molar-refractivity contribution in [1.82, 2.24) is 15.2 Å². The summed E-state index contributed by atoms with van der Waals surface area (Å²) in [5.41, 5.74) is 2.42. The van der Waals surface area contributed by atoms with Gasteiger partial charge in [0.2, 0.25) is 0 Å². The molecule has 1 fully saturated rings. The molecule has 3 heteroatoms. The van der Waals surface area contributed by atoms with Gasteiger partial charge < -0.3 is 5.32 Å². The fourth-order valence-electron chi connectivity index (χ4n) is 2.34. The van der Waals surface area contributed by atoms with Crippen LogP contribution >= 0.6 is 0 Å². The Hall–Kier alpha value is -0.930. The van der Waals surface area contributed by atoms with Gasteiger partial charge in [0.25, 0.3) is 0 Å². The molecule has 1 aliphatic heterocycles. The van der Waals surface area contributed by atoms with Crippen LogP contribution < -0.4 is 5.32 Å². The Morgan fingerprint density at radius 2 is 2.35 bits per heavy atom. The SMILES string of the molecule is CCC1CN(Cc2ccc(C)nc2)CCCN1. The fraction of sp³-hybridized carbons (Fsp3) is 0.643. The molecular formula is C14H23N3. The van der Waals surface area contributed by atoms with Gasteiger partial charge in [-0.3, -0.25) is 9.88 Å². The van der Waals surface area contributed by atoms with Gasteiger partial charge >= 0.3 is 0 Å². The largest absolute Gasteiger partial charge is 0.313 e. The lowest BCUT2D eigenvalue weighted by atomic mass is 10.2. The lowest BCUT2D eigenvalue weighted by Gasteiger charge is -2.23. The van der Waals surface area contributed by atoms with E-state index in [0.717, 1.165) is 25.3 Å². The highest BCUT2D eigenvalue weighted by Crippen LogP contribution is 2.09. The van der Waals surface area contributed by atoms with E-state index in [1.807, 2.05) is 13.1 Å². The molecule has 1 N–H and O–H groups in total. The number of pyridine rings is 1. The summed E-state index contributed by atoms with van der Waals surface area (Å²) in [6, 6.07) is 4.94. The molecular weight excluding hydrogens is 210 g/mol. The van der Waals surface area contributed by atoms with Crippen LogP contribution in [0.3, 0.4) is 0 Å². The minimum Gasteiger partial charge on any atom is -0.313 e. The molecule has 0 amide bonds. The van der Waals surface area contributed by atoms with Crippen LogP contribution in [0, 0.1) is 6.92 Å². The lowest BCUT2D eigenvalue weighted by Crippen LogP contribution is -2.36. The average molecular weight is 233 g/mol. The monoisotopic (exact) mass is 233 g/mol. The number of hydrogen-bond acceptors (Lipinski definition) is 3. The predicted molar refractivity (Wildman–Crippen MR) is 70.9 cm³/mol. The Morgan fingerprint density at radius 3 is 3.06 bits per heavy atom. The van der Waals surface area contributed by atoms with Gasteiger partial charge in [-0.1, -0.05) is 13.0 Å². The summed E-state index contributed by atoms with van der Waals surface area (Å²) in [7, 11) is 0. The van der Waals surface area contributed by atoms with Gasteiger partial charge in [0.05, 0.1) is 0 Å². The summed E-state index contributed by atoms with van der Waals surface area (Å²) in [6.45, 7) is 8.83. The minimum atomic E-state index is 0.649. The van der Waals surface area contributed by atoms with E-state index in [2.05, 4.69) is 34.3 Å². The highest BCUT2D eigenvalue weighted by Gasteiger charge is 2.16. The second-order valence-corrected chi connectivity index (χ2v) is 4.96. The van der Waals surface area contributed by atoms with Crippen molar-refractivity contribution in [3.8, 4) is 0 Å². The van der Waals surface area contributed by atoms with Crippen LogP contribution in [0.2, 0.25) is 0 Å². The predicted octanol–water partition coefficient (Wildman–Crippen LogP) is 1.96. The molecule has 1 aromatic heterocycles. The Kier molecular flexibility index (Phi) is 4.51. The van der Waals surface area contributed by atoms with Crippen molar-refractivity contribution in [1.29, 1.82) is 0 Å². The molecule has 2 heterocycles. The van der Waals surface area contributed by atoms with Crippen LogP contribution in [0.1, 0.15) is 31.0 Å². The van der Waals surface area contributed by atoms with E-state index < -0.39 is 0 Å². The van der Waals surface area contributed by atoms with Crippen molar-refractivity contribution in [2.45, 2.75) is 39.3 Å². The molecule has 0 aliphatic carbocycles. The zero-order valence-electron chi connectivity index (χ0n) is 10.9. The van der Waals surface area contributed by atoms with Crippen LogP contribution in [0.5, 0.6) is 0 Å². The molecule has 0 bridgehead atoms. The van der Waals surface area contributed by atoms with Gasteiger partial charge in [0, 0.05) is 31.0 Å². The molecule has 1 unspecified atom stereocenters. The van der Waals surface area contributed by atoms with Crippen molar-refractivity contribution in [3.05, 3.63) is 29.6 Å². The Labute approximate surface area is 104 Å². The first-order chi connectivity index (χ1) is 8.28. The molecule has 0 saturated carbocycles. The molecule has 2 rings (SSSR count). The highest BCUT2D eigenvalue weighted by atomic mass is 15.2. The maximum absolute atomic E-state index is 4.36. The van der Waals surface area contributed by atoms with E-state index in [4.69, 9.17) is 0 Å². The summed E-state index contributed by atoms with van der Waals surface area (Å²) in [6.07, 6.45) is 4.47. The van der Waals surface area contributed by atoms with Crippen molar-refractivity contribution >= 4 is 0 Å². The van der Waals surface area contributed by atoms with Crippen LogP contribution in [0.15, 0.2) is 18.3 Å². The first kappa shape index (κ1) is 12.5. The maximum Gasteiger partial charge on any atom is 0.0372 e. The van der Waals surface area contributed by atoms with Crippen molar-refractivity contribution in [2.75, 3.05) is 19.6 Å². The zero-order chi connectivity index (χ0) is 12.1. The molecule has 94 valence electrons. The normalized spacial score (nSPS) is 22.4. The summed E-state index contributed by atoms with van der Waals surface area (Å²) in [5, 5.41) is 3.60. The van der Waals surface area contributed by atoms with Gasteiger partial charge in [0.15, 0.2) is 0 Å². The molecule has 0 aromatic carbocycles. The Bertz CT molecular complexity index is 334. The average Bonchev–Trinajstić information content (AvgIpc) is 2.57. The van der Waals surface area contributed by atoms with E-state index in [1.54, 1.807) is 0 Å². The summed E-state index contributed by atoms with van der Waals surface area (Å²) >= 11 is 0. The standard InChI is InChI=1S/C14H23N3/c1-3-14-11-17(8-4-7-15-14)10-13-6-5-12(2)16-9-13/h5-6,9,14-15H,3-4,7-8,10-11H2,1-2H3. The summed E-state index contributed by atoms with van der Waals surface area (Å²) in [4.78, 5) is 6.91. The molecule has 1 saturated heterocycles. The maximum atomic E-state index is 4.36. The van der Waals surface area contributed by atoms with E-state index in [1.165, 1.54) is 24.9 Å². The highest BCUT2D eigenvalue weighted by molar-refractivity contribution is 5.13. The summed E-state index contributed by atoms with van der Waals surface area (Å²) in [5.74, 6) is 0. The van der Waals surface area contributed by atoms with Gasteiger partial charge in [0.1, 0.15) is 0 Å². The van der Waals surface area contributed by atoms with Gasteiger partial charge in [-0.2, -0.15) is 0 Å². The number of hydrogen-bond donors (Lipinski definition) is 1. The number of rotatable bonds is 3. The van der Waals surface area contributed by atoms with Gasteiger partial charge in [-0.25, -0.2) is 0 Å². The Morgan fingerprint density at radius 1 is 1.47 bits per heavy atom. The third-order valence-corrected chi connectivity index (χ3v) is 3.43. The van der Waals surface area contributed by atoms with E-state index in [0.29, 0.717) is 6.04 Å². The van der Waals surface area contributed by atoms with Gasteiger partial charge in [-0.05, 0) is 44.5 Å². The number of aromatic nitrogens is 1. The van der Waals surface area contributed by atoms with E-state index in [9.17, 15) is 0 Å². The van der Waals surface area contributed by atoms with Crippen LogP contribution in [-0.2, 0) is 6.54 Å². The fourth-order valence-corrected chi connectivity index (χ4v) is 2.34. The minimum absolute atomic E-state index is 0.649. The zero-order valence-corrected chi connectivity index (χ0v) is 10.9. The first-order valence-corrected chi connectivity index (χ1v) is 6.65. The molecule has 17 heavy (non-hydrogen) atoms. The van der Waals surface area contributed by atoms with E-state index >= 15 is 0 Å². The first-order valence-electron chi connectivity index (χ1n) is 6.65. The van der Waals surface area contributed by atoms with Crippen molar-refractivity contribution in [3.63, 3.8) is 0 Å². The molecule has 1 aliphatic rings. The van der Waals surface area contributed by atoms with Crippen LogP contribution in [0.25, 0.3) is 0 Å². The van der Waals surface area contributed by atoms with Crippen LogP contribution in [-0.4, -0.2) is 35.6 Å². The third kappa shape index (κ3) is 3.79. The topological polar surface area (TPSA) is 28.2 Å². The van der Waals surface area contributed by atoms with Crippen LogP contribution in [0.4, 0.5) is 0 Å². The molecule has 3 nitrogen and oxygen atoms in total. The molecule has 1 aromatic rings. The smallest absolute Gasteiger partial charge is 0.0372 e. The Balaban J connectivity index is 1.94. The quantitative estimate of drug-likeness (QED) is 0.865. The number of nitrogens with one attached hydrogen (secondary N) is 1. The second-order valence-electron chi connectivity index (χ2n) is 4.96. The number of aryl methyl sites for hydroxylation is 1. The lowest BCUT2D eigenvalue weighted by molar-refractivity contribution is 0.257. The third-order valence-electron chi connectivity index (χ3n) is 3.43.